The summed E-state index contributed by atoms with van der Waals surface area (Å²) in [6.07, 6.45) is -0.192. The third-order valence-corrected chi connectivity index (χ3v) is 4.38. The second-order valence-corrected chi connectivity index (χ2v) is 6.51. The van der Waals surface area contributed by atoms with E-state index in [1.54, 1.807) is 18.2 Å². The molecule has 0 spiro atoms. The number of hydrogen-bond donors (Lipinski definition) is 2. The number of nitrogens with zero attached hydrogens (tertiary/aromatic N) is 1. The van der Waals surface area contributed by atoms with E-state index < -0.39 is 17.9 Å². The van der Waals surface area contributed by atoms with Gasteiger partial charge < -0.3 is 19.7 Å². The van der Waals surface area contributed by atoms with Crippen molar-refractivity contribution in [3.8, 4) is 0 Å². The Morgan fingerprint density at radius 2 is 2.19 bits per heavy atom. The fraction of sp³-hybridized carbons (Fsp3) is 0.412. The van der Waals surface area contributed by atoms with Crippen molar-refractivity contribution in [3.63, 3.8) is 0 Å². The number of benzene rings is 1. The number of nitrogens with one attached hydrogen (secondary N) is 2. The number of carbonyl (C=O) groups excluding carboxylic acids is 3. The zero-order valence-corrected chi connectivity index (χ0v) is 16.3. The Bertz CT molecular complexity index is 730. The molecule has 0 saturated carbocycles. The average Bonchev–Trinajstić information content (AvgIpc) is 2.63. The average molecular weight is 414 g/mol. The van der Waals surface area contributed by atoms with Crippen molar-refractivity contribution in [2.75, 3.05) is 33.4 Å². The number of esters is 1. The van der Waals surface area contributed by atoms with Crippen molar-refractivity contribution >= 4 is 46.7 Å². The molecule has 0 aromatic heterocycles. The summed E-state index contributed by atoms with van der Waals surface area (Å²) >= 11 is 11.2. The number of carbonyl (C=O) groups is 3. The highest BCUT2D eigenvalue weighted by Crippen LogP contribution is 2.13. The molecule has 2 rings (SSSR count). The molecule has 2 N–H and O–H groups in total. The van der Waals surface area contributed by atoms with Crippen LogP contribution in [0, 0.1) is 0 Å². The molecule has 1 unspecified atom stereocenters. The first-order valence-corrected chi connectivity index (χ1v) is 9.00. The lowest BCUT2D eigenvalue weighted by Crippen LogP contribution is -2.60. The first kappa shape index (κ1) is 21.1. The van der Waals surface area contributed by atoms with Crippen LogP contribution in [0.2, 0.25) is 5.02 Å². The van der Waals surface area contributed by atoms with Crippen LogP contribution in [0.3, 0.4) is 0 Å². The van der Waals surface area contributed by atoms with Gasteiger partial charge in [0.05, 0.1) is 13.0 Å². The maximum atomic E-state index is 12.3. The number of methoxy groups -OCH3 is 1. The molecule has 8 nitrogen and oxygen atoms in total. The van der Waals surface area contributed by atoms with Crippen molar-refractivity contribution < 1.29 is 23.9 Å². The molecule has 0 radical (unpaired) electrons. The molecule has 1 atom stereocenters. The molecule has 27 heavy (non-hydrogen) atoms. The number of rotatable bonds is 6. The van der Waals surface area contributed by atoms with Crippen LogP contribution in [0.4, 0.5) is 0 Å². The number of thiocarbonyl (C=S) groups is 1. The Hall–Kier alpha value is -2.23. The molecule has 1 aromatic carbocycles. The number of halogens is 1. The lowest BCUT2D eigenvalue weighted by Gasteiger charge is -2.36. The van der Waals surface area contributed by atoms with Gasteiger partial charge in [0.15, 0.2) is 5.11 Å². The van der Waals surface area contributed by atoms with Gasteiger partial charge in [-0.15, -0.1) is 0 Å². The Balaban J connectivity index is 2.01. The Morgan fingerprint density at radius 3 is 2.89 bits per heavy atom. The van der Waals surface area contributed by atoms with Gasteiger partial charge in [-0.2, -0.15) is 0 Å². The summed E-state index contributed by atoms with van der Waals surface area (Å²) in [7, 11) is 1.49. The number of hydrogen-bond acceptors (Lipinski definition) is 6. The summed E-state index contributed by atoms with van der Waals surface area (Å²) in [5.41, 5.74) is 0.335. The zero-order valence-electron chi connectivity index (χ0n) is 14.7. The van der Waals surface area contributed by atoms with Gasteiger partial charge in [0, 0.05) is 30.8 Å². The molecule has 2 amide bonds. The molecular formula is C17H20ClN3O5S. The molecule has 0 bridgehead atoms. The zero-order chi connectivity index (χ0) is 19.8. The van der Waals surface area contributed by atoms with E-state index in [9.17, 15) is 14.4 Å². The summed E-state index contributed by atoms with van der Waals surface area (Å²) in [5, 5.41) is 5.73. The van der Waals surface area contributed by atoms with Gasteiger partial charge in [0.25, 0.3) is 5.91 Å². The van der Waals surface area contributed by atoms with E-state index in [1.807, 2.05) is 0 Å². The van der Waals surface area contributed by atoms with Crippen molar-refractivity contribution in [2.45, 2.75) is 12.5 Å². The van der Waals surface area contributed by atoms with Gasteiger partial charge in [0.1, 0.15) is 12.6 Å². The second-order valence-electron chi connectivity index (χ2n) is 5.69. The number of ether oxygens (including phenoxy) is 2. The Labute approximate surface area is 167 Å². The molecule has 146 valence electrons. The standard InChI is InChI=1S/C17H20ClN3O5S/c1-25-7-8-26-14(22)10-13-16(24)19-5-6-21(13)17(27)20-15(23)11-3-2-4-12(18)9-11/h2-4,9,13H,5-8,10H2,1H3,(H,19,24)(H,20,23,27). The van der Waals surface area contributed by atoms with Crippen LogP contribution in [0.25, 0.3) is 0 Å². The van der Waals surface area contributed by atoms with E-state index in [-0.39, 0.29) is 30.7 Å². The van der Waals surface area contributed by atoms with Crippen LogP contribution in [0.5, 0.6) is 0 Å². The van der Waals surface area contributed by atoms with Crippen molar-refractivity contribution in [1.82, 2.24) is 15.5 Å². The number of piperazine rings is 1. The largest absolute Gasteiger partial charge is 0.463 e. The SMILES string of the molecule is COCCOC(=O)CC1C(=O)NCCN1C(=S)NC(=O)c1cccc(Cl)c1. The molecule has 0 aliphatic carbocycles. The van der Waals surface area contributed by atoms with Crippen molar-refractivity contribution in [3.05, 3.63) is 34.9 Å². The highest BCUT2D eigenvalue weighted by molar-refractivity contribution is 7.80. The molecule has 1 fully saturated rings. The van der Waals surface area contributed by atoms with Crippen LogP contribution in [-0.4, -0.2) is 67.3 Å². The molecule has 1 aromatic rings. The second kappa shape index (κ2) is 10.2. The van der Waals surface area contributed by atoms with Gasteiger partial charge in [0.2, 0.25) is 5.91 Å². The topological polar surface area (TPSA) is 97.0 Å². The lowest BCUT2D eigenvalue weighted by atomic mass is 10.1. The van der Waals surface area contributed by atoms with Crippen LogP contribution in [0.15, 0.2) is 24.3 Å². The van der Waals surface area contributed by atoms with Crippen LogP contribution in [-0.2, 0) is 19.1 Å². The molecule has 1 aliphatic heterocycles. The molecule has 10 heteroatoms. The highest BCUT2D eigenvalue weighted by atomic mass is 35.5. The summed E-state index contributed by atoms with van der Waals surface area (Å²) < 4.78 is 9.82. The molecular weight excluding hydrogens is 394 g/mol. The summed E-state index contributed by atoms with van der Waals surface area (Å²) in [5.74, 6) is -1.36. The number of amides is 2. The van der Waals surface area contributed by atoms with E-state index >= 15 is 0 Å². The maximum absolute atomic E-state index is 12.3. The van der Waals surface area contributed by atoms with Gasteiger partial charge in [-0.1, -0.05) is 17.7 Å². The predicted octanol–water partition coefficient (Wildman–Crippen LogP) is 0.735. The predicted molar refractivity (Wildman–Crippen MR) is 102 cm³/mol. The first-order valence-electron chi connectivity index (χ1n) is 8.22. The van der Waals surface area contributed by atoms with E-state index in [1.165, 1.54) is 18.1 Å². The van der Waals surface area contributed by atoms with E-state index in [4.69, 9.17) is 33.3 Å². The Kier molecular flexibility index (Phi) is 7.96. The summed E-state index contributed by atoms with van der Waals surface area (Å²) in [6, 6.07) is 5.54. The van der Waals surface area contributed by atoms with Crippen molar-refractivity contribution in [2.24, 2.45) is 0 Å². The van der Waals surface area contributed by atoms with Crippen molar-refractivity contribution in [1.29, 1.82) is 0 Å². The van der Waals surface area contributed by atoms with Crippen LogP contribution >= 0.6 is 23.8 Å². The smallest absolute Gasteiger partial charge is 0.308 e. The normalized spacial score (nSPS) is 16.4. The van der Waals surface area contributed by atoms with Crippen LogP contribution in [0.1, 0.15) is 16.8 Å². The minimum Gasteiger partial charge on any atom is -0.463 e. The van der Waals surface area contributed by atoms with E-state index in [2.05, 4.69) is 10.6 Å². The summed E-state index contributed by atoms with van der Waals surface area (Å²) in [4.78, 5) is 38.0. The quantitative estimate of drug-likeness (QED) is 0.403. The molecule has 1 saturated heterocycles. The van der Waals surface area contributed by atoms with Gasteiger partial charge in [-0.3, -0.25) is 19.7 Å². The first-order chi connectivity index (χ1) is 12.9. The fourth-order valence-corrected chi connectivity index (χ4v) is 2.99. The third kappa shape index (κ3) is 6.16. The van der Waals surface area contributed by atoms with Crippen LogP contribution < -0.4 is 10.6 Å². The van der Waals surface area contributed by atoms with E-state index in [0.29, 0.717) is 23.7 Å². The van der Waals surface area contributed by atoms with E-state index in [0.717, 1.165) is 0 Å². The fourth-order valence-electron chi connectivity index (χ4n) is 2.49. The van der Waals surface area contributed by atoms with Gasteiger partial charge >= 0.3 is 5.97 Å². The van der Waals surface area contributed by atoms with Gasteiger partial charge in [-0.05, 0) is 30.4 Å². The monoisotopic (exact) mass is 413 g/mol. The lowest BCUT2D eigenvalue weighted by molar-refractivity contribution is -0.148. The minimum absolute atomic E-state index is 0.0597. The summed E-state index contributed by atoms with van der Waals surface area (Å²) in [6.45, 7) is 1.07. The Morgan fingerprint density at radius 1 is 1.41 bits per heavy atom. The molecule has 1 heterocycles. The van der Waals surface area contributed by atoms with Gasteiger partial charge in [-0.25, -0.2) is 0 Å². The third-order valence-electron chi connectivity index (χ3n) is 3.81. The molecule has 1 aliphatic rings. The minimum atomic E-state index is -0.860. The highest BCUT2D eigenvalue weighted by Gasteiger charge is 2.34. The maximum Gasteiger partial charge on any atom is 0.308 e.